The minimum absolute atomic E-state index is 0.0775. The Morgan fingerprint density at radius 3 is 2.60 bits per heavy atom. The van der Waals surface area contributed by atoms with E-state index in [0.717, 1.165) is 5.56 Å². The van der Waals surface area contributed by atoms with Crippen LogP contribution in [0.25, 0.3) is 34.0 Å². The average molecular weight is 473 g/mol. The number of furan rings is 1. The number of benzene rings is 2. The van der Waals surface area contributed by atoms with E-state index in [1.54, 1.807) is 37.3 Å². The Morgan fingerprint density at radius 1 is 0.971 bits per heavy atom. The summed E-state index contributed by atoms with van der Waals surface area (Å²) in [6, 6.07) is 19.2. The summed E-state index contributed by atoms with van der Waals surface area (Å²) >= 11 is 0. The highest BCUT2D eigenvalue weighted by atomic mass is 19.1. The molecule has 35 heavy (non-hydrogen) atoms. The van der Waals surface area contributed by atoms with E-state index in [9.17, 15) is 9.18 Å². The van der Waals surface area contributed by atoms with E-state index in [-0.39, 0.29) is 30.6 Å². The Balaban J connectivity index is 1.18. The molecule has 5 aromatic rings. The quantitative estimate of drug-likeness (QED) is 0.261. The lowest BCUT2D eigenvalue weighted by Gasteiger charge is -2.02. The van der Waals surface area contributed by atoms with Crippen LogP contribution in [0.2, 0.25) is 0 Å². The number of aryl methyl sites for hydroxylation is 2. The second kappa shape index (κ2) is 9.76. The van der Waals surface area contributed by atoms with E-state index in [2.05, 4.69) is 15.4 Å². The van der Waals surface area contributed by atoms with Gasteiger partial charge in [-0.15, -0.1) is 10.2 Å². The first-order chi connectivity index (χ1) is 17.1. The summed E-state index contributed by atoms with van der Waals surface area (Å²) in [5.74, 6) is 1.03. The fourth-order valence-electron chi connectivity index (χ4n) is 3.59. The molecule has 0 fully saturated rings. The third-order valence-corrected chi connectivity index (χ3v) is 5.32. The Morgan fingerprint density at radius 2 is 1.77 bits per heavy atom. The van der Waals surface area contributed by atoms with Gasteiger partial charge in [0.25, 0.3) is 11.8 Å². The fraction of sp³-hybridized carbons (Fsp3) is 0.154. The van der Waals surface area contributed by atoms with Crippen LogP contribution in [0, 0.1) is 12.7 Å². The smallest absolute Gasteiger partial charge is 0.306 e. The van der Waals surface area contributed by atoms with E-state index in [4.69, 9.17) is 18.1 Å². The highest BCUT2D eigenvalue weighted by molar-refractivity contribution is 5.77. The van der Waals surface area contributed by atoms with Crippen molar-refractivity contribution in [2.45, 2.75) is 26.4 Å². The summed E-state index contributed by atoms with van der Waals surface area (Å²) in [6.45, 7) is 1.58. The van der Waals surface area contributed by atoms with Crippen LogP contribution in [-0.2, 0) is 22.6 Å². The molecule has 0 aliphatic heterocycles. The molecule has 5 rings (SSSR count). The fourth-order valence-corrected chi connectivity index (χ4v) is 3.59. The predicted octanol–water partition coefficient (Wildman–Crippen LogP) is 5.78. The van der Waals surface area contributed by atoms with Crippen molar-refractivity contribution in [1.29, 1.82) is 0 Å². The maximum Gasteiger partial charge on any atom is 0.306 e. The molecule has 0 unspecified atom stereocenters. The molecule has 0 radical (unpaired) electrons. The van der Waals surface area contributed by atoms with Crippen LogP contribution in [-0.4, -0.2) is 21.3 Å². The highest BCUT2D eigenvalue weighted by Gasteiger charge is 2.22. The van der Waals surface area contributed by atoms with Gasteiger partial charge in [-0.25, -0.2) is 4.39 Å². The van der Waals surface area contributed by atoms with E-state index in [1.807, 2.05) is 30.3 Å². The lowest BCUT2D eigenvalue weighted by molar-refractivity contribution is -0.145. The second-order valence-electron chi connectivity index (χ2n) is 7.74. The van der Waals surface area contributed by atoms with E-state index >= 15 is 0 Å². The third-order valence-electron chi connectivity index (χ3n) is 5.32. The van der Waals surface area contributed by atoms with Crippen LogP contribution in [0.15, 0.2) is 80.1 Å². The van der Waals surface area contributed by atoms with Gasteiger partial charge >= 0.3 is 5.97 Å². The minimum Gasteiger partial charge on any atom is -0.461 e. The van der Waals surface area contributed by atoms with Crippen LogP contribution < -0.4 is 0 Å². The van der Waals surface area contributed by atoms with Gasteiger partial charge in [-0.3, -0.25) is 4.79 Å². The largest absolute Gasteiger partial charge is 0.461 e. The van der Waals surface area contributed by atoms with Crippen molar-refractivity contribution >= 4 is 5.97 Å². The predicted molar refractivity (Wildman–Crippen MR) is 122 cm³/mol. The Kier molecular flexibility index (Phi) is 6.21. The number of hydrogen-bond donors (Lipinski definition) is 0. The van der Waals surface area contributed by atoms with Crippen molar-refractivity contribution in [2.75, 3.05) is 0 Å². The summed E-state index contributed by atoms with van der Waals surface area (Å²) < 4.78 is 35.9. The molecule has 8 nitrogen and oxygen atoms in total. The molecule has 2 aromatic carbocycles. The minimum atomic E-state index is -0.459. The normalized spacial score (nSPS) is 11.0. The zero-order valence-corrected chi connectivity index (χ0v) is 18.7. The molecule has 0 bridgehead atoms. The van der Waals surface area contributed by atoms with Gasteiger partial charge in [0.05, 0.1) is 12.0 Å². The highest BCUT2D eigenvalue weighted by Crippen LogP contribution is 2.33. The van der Waals surface area contributed by atoms with Crippen molar-refractivity contribution in [1.82, 2.24) is 15.4 Å². The molecule has 3 heterocycles. The molecule has 0 aliphatic rings. The van der Waals surface area contributed by atoms with Gasteiger partial charge in [0.1, 0.15) is 34.4 Å². The molecule has 0 saturated carbocycles. The molecule has 0 saturated heterocycles. The molecule has 0 aliphatic carbocycles. The maximum atomic E-state index is 13.9. The Bertz CT molecular complexity index is 1450. The number of rotatable bonds is 8. The van der Waals surface area contributed by atoms with Crippen LogP contribution in [0.4, 0.5) is 4.39 Å². The molecule has 9 heteroatoms. The van der Waals surface area contributed by atoms with Crippen molar-refractivity contribution in [3.63, 3.8) is 0 Å². The Hall–Kier alpha value is -4.53. The van der Waals surface area contributed by atoms with E-state index in [1.165, 1.54) is 6.07 Å². The van der Waals surface area contributed by atoms with Crippen LogP contribution in [0.1, 0.15) is 23.8 Å². The third kappa shape index (κ3) is 4.89. The number of ether oxygens (including phenoxy) is 1. The van der Waals surface area contributed by atoms with Crippen molar-refractivity contribution in [3.05, 3.63) is 90.0 Å². The van der Waals surface area contributed by atoms with Gasteiger partial charge in [0.2, 0.25) is 0 Å². The van der Waals surface area contributed by atoms with Crippen LogP contribution >= 0.6 is 0 Å². The average Bonchev–Trinajstić information content (AvgIpc) is 3.62. The first kappa shape index (κ1) is 22.3. The zero-order valence-electron chi connectivity index (χ0n) is 18.7. The monoisotopic (exact) mass is 473 g/mol. The van der Waals surface area contributed by atoms with Gasteiger partial charge in [-0.1, -0.05) is 47.6 Å². The van der Waals surface area contributed by atoms with Gasteiger partial charge in [-0.2, -0.15) is 0 Å². The van der Waals surface area contributed by atoms with Crippen molar-refractivity contribution in [2.24, 2.45) is 0 Å². The topological polar surface area (TPSA) is 104 Å². The first-order valence-electron chi connectivity index (χ1n) is 10.9. The summed E-state index contributed by atoms with van der Waals surface area (Å²) in [5.41, 5.74) is 2.39. The summed E-state index contributed by atoms with van der Waals surface area (Å²) in [7, 11) is 0. The molecule has 3 aromatic heterocycles. The summed E-state index contributed by atoms with van der Waals surface area (Å²) in [6.07, 6.45) is 0.386. The number of halogens is 1. The number of aromatic nitrogens is 3. The number of hydrogen-bond acceptors (Lipinski definition) is 8. The molecule has 0 spiro atoms. The van der Waals surface area contributed by atoms with Crippen molar-refractivity contribution in [3.8, 4) is 34.0 Å². The maximum absolute atomic E-state index is 13.9. The number of nitrogens with zero attached hydrogens (tertiary/aromatic N) is 3. The number of esters is 1. The van der Waals surface area contributed by atoms with Gasteiger partial charge in [0, 0.05) is 12.0 Å². The van der Waals surface area contributed by atoms with E-state index < -0.39 is 5.97 Å². The molecule has 0 atom stereocenters. The SMILES string of the molecule is Cc1onc(-c2ccccc2)c1-c1nnc(COC(=O)CCc2ccc(-c3ccccc3F)o2)o1. The van der Waals surface area contributed by atoms with E-state index in [0.29, 0.717) is 40.5 Å². The number of carbonyl (C=O) groups is 1. The van der Waals surface area contributed by atoms with Gasteiger partial charge in [0.15, 0.2) is 6.61 Å². The van der Waals surface area contributed by atoms with Gasteiger partial charge < -0.3 is 18.1 Å². The molecule has 176 valence electrons. The summed E-state index contributed by atoms with van der Waals surface area (Å²) in [5, 5.41) is 12.1. The zero-order chi connectivity index (χ0) is 24.2. The first-order valence-corrected chi connectivity index (χ1v) is 10.9. The molecular formula is C26H20FN3O5. The standard InChI is InChI=1S/C26H20FN3O5/c1-16-24(25(30-35-16)17-7-3-2-4-8-17)26-29-28-22(34-26)15-32-23(31)14-12-18-11-13-21(33-18)19-9-5-6-10-20(19)27/h2-11,13H,12,14-15H2,1H3. The van der Waals surface area contributed by atoms with Gasteiger partial charge in [-0.05, 0) is 31.2 Å². The van der Waals surface area contributed by atoms with Crippen molar-refractivity contribution < 1.29 is 27.3 Å². The molecule has 0 N–H and O–H groups in total. The van der Waals surface area contributed by atoms with Crippen LogP contribution in [0.5, 0.6) is 0 Å². The lowest BCUT2D eigenvalue weighted by Crippen LogP contribution is -2.05. The molecular weight excluding hydrogens is 453 g/mol. The lowest BCUT2D eigenvalue weighted by atomic mass is 10.1. The summed E-state index contributed by atoms with van der Waals surface area (Å²) in [4.78, 5) is 12.2. The Labute approximate surface area is 199 Å². The second-order valence-corrected chi connectivity index (χ2v) is 7.74. The molecule has 0 amide bonds. The number of carbonyl (C=O) groups excluding carboxylic acids is 1. The van der Waals surface area contributed by atoms with Crippen LogP contribution in [0.3, 0.4) is 0 Å².